The fraction of sp³-hybridized carbons (Fsp3) is 0. The molecule has 0 atom stereocenters. The van der Waals surface area contributed by atoms with Gasteiger partial charge in [-0.1, -0.05) is 48.6 Å². The molecule has 0 bridgehead atoms. The van der Waals surface area contributed by atoms with Crippen molar-refractivity contribution < 1.29 is 17.4 Å². The summed E-state index contributed by atoms with van der Waals surface area (Å²) in [6.45, 7) is 0. The average molecular weight is 156 g/mol. The van der Waals surface area contributed by atoms with Gasteiger partial charge in [0, 0.05) is 17.4 Å². The molecule has 9 heavy (non-hydrogen) atoms. The molecule has 1 aliphatic carbocycles. The van der Waals surface area contributed by atoms with Crippen molar-refractivity contribution >= 4 is 0 Å². The molecule has 0 aliphatic heterocycles. The van der Waals surface area contributed by atoms with Gasteiger partial charge in [-0.2, -0.15) is 0 Å². The van der Waals surface area contributed by atoms with Crippen molar-refractivity contribution in [1.82, 2.24) is 0 Å². The topological polar surface area (TPSA) is 0 Å². The van der Waals surface area contributed by atoms with Crippen molar-refractivity contribution in [3.05, 3.63) is 48.6 Å². The Hall–Kier alpha value is -0.508. The van der Waals surface area contributed by atoms with Crippen molar-refractivity contribution in [3.8, 4) is 0 Å². The molecule has 0 unspecified atom stereocenters. The van der Waals surface area contributed by atoms with Gasteiger partial charge in [0.25, 0.3) is 0 Å². The van der Waals surface area contributed by atoms with Crippen LogP contribution in [0.4, 0.5) is 0 Å². The Bertz CT molecular complexity index is 105. The number of allylic oxidation sites excluding steroid dienone is 8. The third kappa shape index (κ3) is 4.03. The van der Waals surface area contributed by atoms with Gasteiger partial charge in [0.05, 0.1) is 0 Å². The summed E-state index contributed by atoms with van der Waals surface area (Å²) in [5, 5.41) is 0. The molecule has 1 aliphatic rings. The minimum Gasteiger partial charge on any atom is -0.0623 e. The van der Waals surface area contributed by atoms with Crippen LogP contribution in [0.3, 0.4) is 0 Å². The smallest absolute Gasteiger partial charge is 0 e. The Balaban J connectivity index is 0.000000640. The maximum absolute atomic E-state index is 2.00. The van der Waals surface area contributed by atoms with Gasteiger partial charge in [0.2, 0.25) is 0 Å². The van der Waals surface area contributed by atoms with Crippen LogP contribution in [0.1, 0.15) is 0 Å². The molecule has 0 amide bonds. The van der Waals surface area contributed by atoms with Gasteiger partial charge in [0.15, 0.2) is 0 Å². The van der Waals surface area contributed by atoms with Crippen LogP contribution in [0.25, 0.3) is 0 Å². The Morgan fingerprint density at radius 1 is 0.333 bits per heavy atom. The van der Waals surface area contributed by atoms with E-state index < -0.39 is 0 Å². The van der Waals surface area contributed by atoms with E-state index in [1.807, 2.05) is 48.6 Å². The molecule has 0 aromatic heterocycles. The van der Waals surface area contributed by atoms with Crippen LogP contribution >= 0.6 is 0 Å². The van der Waals surface area contributed by atoms with Crippen molar-refractivity contribution in [2.45, 2.75) is 0 Å². The summed E-state index contributed by atoms with van der Waals surface area (Å²) in [6, 6.07) is 0. The molecule has 0 heterocycles. The summed E-state index contributed by atoms with van der Waals surface area (Å²) in [5.74, 6) is 0. The molecule has 46 valence electrons. The normalized spacial score (nSPS) is 14.2. The van der Waals surface area contributed by atoms with E-state index in [1.54, 1.807) is 0 Å². The third-order valence-electron chi connectivity index (χ3n) is 0.889. The van der Waals surface area contributed by atoms with Crippen molar-refractivity contribution in [1.29, 1.82) is 0 Å². The van der Waals surface area contributed by atoms with Gasteiger partial charge in [-0.25, -0.2) is 0 Å². The molecule has 0 fully saturated rings. The zero-order chi connectivity index (χ0) is 5.66. The van der Waals surface area contributed by atoms with Gasteiger partial charge >= 0.3 is 0 Å². The Morgan fingerprint density at radius 2 is 0.444 bits per heavy atom. The summed E-state index contributed by atoms with van der Waals surface area (Å²) in [6.07, 6.45) is 16.0. The quantitative estimate of drug-likeness (QED) is 0.504. The van der Waals surface area contributed by atoms with Crippen LogP contribution in [-0.2, 0) is 17.4 Å². The molecule has 0 N–H and O–H groups in total. The van der Waals surface area contributed by atoms with Crippen molar-refractivity contribution in [2.24, 2.45) is 0 Å². The van der Waals surface area contributed by atoms with E-state index in [-0.39, 0.29) is 17.4 Å². The molecule has 0 radical (unpaired) electrons. The second-order valence-electron chi connectivity index (χ2n) is 1.54. The van der Waals surface area contributed by atoms with E-state index in [2.05, 4.69) is 0 Å². The zero-order valence-corrected chi connectivity index (χ0v) is 6.30. The number of hydrogen-bond acceptors (Lipinski definition) is 0. The molecule has 0 aromatic rings. The van der Waals surface area contributed by atoms with Crippen molar-refractivity contribution in [3.63, 3.8) is 0 Å². The molecule has 0 saturated carbocycles. The van der Waals surface area contributed by atoms with E-state index >= 15 is 0 Å². The maximum Gasteiger partial charge on any atom is 0 e. The summed E-state index contributed by atoms with van der Waals surface area (Å²) in [5.41, 5.74) is 0. The summed E-state index contributed by atoms with van der Waals surface area (Å²) >= 11 is 0. The molecule has 1 rings (SSSR count). The number of hydrogen-bond donors (Lipinski definition) is 0. The molecular weight excluding hydrogens is 148 g/mol. The van der Waals surface area contributed by atoms with Crippen LogP contribution < -0.4 is 0 Å². The van der Waals surface area contributed by atoms with E-state index in [0.717, 1.165) is 0 Å². The van der Waals surface area contributed by atoms with Gasteiger partial charge in [-0.15, -0.1) is 0 Å². The van der Waals surface area contributed by atoms with Crippen molar-refractivity contribution in [2.75, 3.05) is 0 Å². The first kappa shape index (κ1) is 8.49. The fourth-order valence-corrected chi connectivity index (χ4v) is 0.513. The van der Waals surface area contributed by atoms with Gasteiger partial charge in [-0.3, -0.25) is 0 Å². The van der Waals surface area contributed by atoms with E-state index in [0.29, 0.717) is 0 Å². The third-order valence-corrected chi connectivity index (χ3v) is 0.889. The van der Waals surface area contributed by atoms with Crippen LogP contribution in [0, 0.1) is 0 Å². The summed E-state index contributed by atoms with van der Waals surface area (Å²) in [4.78, 5) is 0. The second kappa shape index (κ2) is 5.63. The average Bonchev–Trinajstić information content (AvgIpc) is 1.62. The predicted molar refractivity (Wildman–Crippen MR) is 36.6 cm³/mol. The van der Waals surface area contributed by atoms with E-state index in [1.165, 1.54) is 0 Å². The van der Waals surface area contributed by atoms with Crippen LogP contribution in [-0.4, -0.2) is 0 Å². The second-order valence-corrected chi connectivity index (χ2v) is 1.54. The van der Waals surface area contributed by atoms with Gasteiger partial charge < -0.3 is 0 Å². The fourth-order valence-electron chi connectivity index (χ4n) is 0.513. The monoisotopic (exact) mass is 156 g/mol. The minimum absolute atomic E-state index is 0. The maximum atomic E-state index is 2.00. The molecular formula is C8H8Cr. The Morgan fingerprint density at radius 3 is 0.556 bits per heavy atom. The van der Waals surface area contributed by atoms with Gasteiger partial charge in [0.1, 0.15) is 0 Å². The minimum atomic E-state index is 0. The van der Waals surface area contributed by atoms with Crippen LogP contribution in [0.5, 0.6) is 0 Å². The van der Waals surface area contributed by atoms with Crippen LogP contribution in [0.2, 0.25) is 0 Å². The predicted octanol–water partition coefficient (Wildman–Crippen LogP) is 2.22. The van der Waals surface area contributed by atoms with E-state index in [9.17, 15) is 0 Å². The molecule has 0 nitrogen and oxygen atoms in total. The summed E-state index contributed by atoms with van der Waals surface area (Å²) in [7, 11) is 0. The first-order valence-electron chi connectivity index (χ1n) is 2.67. The van der Waals surface area contributed by atoms with E-state index in [4.69, 9.17) is 0 Å². The largest absolute Gasteiger partial charge is 0.0623 e. The zero-order valence-electron chi connectivity index (χ0n) is 5.03. The summed E-state index contributed by atoms with van der Waals surface area (Å²) < 4.78 is 0. The first-order chi connectivity index (χ1) is 4.00. The molecule has 0 aromatic carbocycles. The first-order valence-corrected chi connectivity index (χ1v) is 2.67. The number of rotatable bonds is 0. The Labute approximate surface area is 66.4 Å². The Kier molecular flexibility index (Phi) is 5.31. The van der Waals surface area contributed by atoms with Crippen LogP contribution in [0.15, 0.2) is 48.6 Å². The molecule has 0 saturated heterocycles. The van der Waals surface area contributed by atoms with Gasteiger partial charge in [-0.05, 0) is 0 Å². The standard InChI is InChI=1S/C8H8.Cr/c1-2-4-6-8-7-5-3-1;/h1-8H;. The molecule has 1 heteroatoms. The SMILES string of the molecule is C1=CC=CC=CC=C1.[Cr]. The molecule has 0 spiro atoms.